The summed E-state index contributed by atoms with van der Waals surface area (Å²) in [6, 6.07) is 7.68. The van der Waals surface area contributed by atoms with E-state index in [1.54, 1.807) is 0 Å². The van der Waals surface area contributed by atoms with Crippen molar-refractivity contribution < 1.29 is 9.59 Å². The number of nitrogens with one attached hydrogen (secondary N) is 1. The van der Waals surface area contributed by atoms with E-state index in [0.29, 0.717) is 22.3 Å². The van der Waals surface area contributed by atoms with Crippen molar-refractivity contribution in [2.24, 2.45) is 16.8 Å². The summed E-state index contributed by atoms with van der Waals surface area (Å²) in [6.45, 7) is 4.50. The van der Waals surface area contributed by atoms with Crippen molar-refractivity contribution in [3.8, 4) is 0 Å². The summed E-state index contributed by atoms with van der Waals surface area (Å²) in [4.78, 5) is 29.8. The van der Waals surface area contributed by atoms with E-state index >= 15 is 0 Å². The SMILES string of the molecule is CC1CCCC(NC(=O)c2ccc(/C=C3/SC4C=CC=CC4=NC3=O)cc2)C1C. The molecule has 0 saturated heterocycles. The van der Waals surface area contributed by atoms with Crippen LogP contribution in [-0.4, -0.2) is 28.8 Å². The van der Waals surface area contributed by atoms with Gasteiger partial charge in [-0.2, -0.15) is 0 Å². The van der Waals surface area contributed by atoms with Crippen LogP contribution in [0.15, 0.2) is 58.5 Å². The molecule has 0 aromatic heterocycles. The van der Waals surface area contributed by atoms with Crippen molar-refractivity contribution in [2.45, 2.75) is 44.4 Å². The van der Waals surface area contributed by atoms with Gasteiger partial charge in [-0.3, -0.25) is 9.59 Å². The molecule has 1 fully saturated rings. The topological polar surface area (TPSA) is 58.5 Å². The van der Waals surface area contributed by atoms with Gasteiger partial charge in [-0.15, -0.1) is 11.8 Å². The largest absolute Gasteiger partial charge is 0.349 e. The molecule has 0 radical (unpaired) electrons. The number of aliphatic imine (C=N–C) groups is 1. The van der Waals surface area contributed by atoms with E-state index < -0.39 is 0 Å². The van der Waals surface area contributed by atoms with Gasteiger partial charge in [0.05, 0.1) is 15.9 Å². The first-order chi connectivity index (χ1) is 14.0. The Labute approximate surface area is 176 Å². The van der Waals surface area contributed by atoms with E-state index in [0.717, 1.165) is 17.7 Å². The predicted molar refractivity (Wildman–Crippen MR) is 120 cm³/mol. The molecule has 3 aliphatic rings. The molecule has 4 unspecified atom stereocenters. The Hall–Kier alpha value is -2.40. The molecule has 4 rings (SSSR count). The van der Waals surface area contributed by atoms with E-state index in [4.69, 9.17) is 0 Å². The van der Waals surface area contributed by atoms with Crippen molar-refractivity contribution in [1.29, 1.82) is 0 Å². The van der Waals surface area contributed by atoms with E-state index in [1.165, 1.54) is 24.6 Å². The fourth-order valence-electron chi connectivity index (χ4n) is 4.09. The van der Waals surface area contributed by atoms with Crippen LogP contribution in [0.1, 0.15) is 49.0 Å². The van der Waals surface area contributed by atoms with Crippen LogP contribution in [0.2, 0.25) is 0 Å². The molecule has 1 saturated carbocycles. The third-order valence-corrected chi connectivity index (χ3v) is 7.34. The van der Waals surface area contributed by atoms with Gasteiger partial charge in [0.25, 0.3) is 11.8 Å². The highest BCUT2D eigenvalue weighted by atomic mass is 32.2. The molecule has 1 N–H and O–H groups in total. The minimum atomic E-state index is -0.205. The molecule has 2 amide bonds. The average Bonchev–Trinajstić information content (AvgIpc) is 2.72. The summed E-state index contributed by atoms with van der Waals surface area (Å²) in [5.74, 6) is 0.918. The molecule has 1 aliphatic heterocycles. The number of benzene rings is 1. The van der Waals surface area contributed by atoms with Crippen molar-refractivity contribution in [3.63, 3.8) is 0 Å². The van der Waals surface area contributed by atoms with Gasteiger partial charge in [0, 0.05) is 11.6 Å². The van der Waals surface area contributed by atoms with Gasteiger partial charge in [-0.05, 0) is 48.1 Å². The zero-order valence-corrected chi connectivity index (χ0v) is 17.6. The van der Waals surface area contributed by atoms with Crippen LogP contribution in [0.5, 0.6) is 0 Å². The Morgan fingerprint density at radius 2 is 1.97 bits per heavy atom. The molecule has 5 heteroatoms. The molecule has 1 aromatic carbocycles. The fraction of sp³-hybridized carbons (Fsp3) is 0.375. The van der Waals surface area contributed by atoms with Crippen molar-refractivity contribution in [2.75, 3.05) is 0 Å². The van der Waals surface area contributed by atoms with Gasteiger partial charge in [-0.1, -0.05) is 57.0 Å². The number of fused-ring (bicyclic) bond motifs is 1. The van der Waals surface area contributed by atoms with Gasteiger partial charge >= 0.3 is 0 Å². The number of hydrogen-bond donors (Lipinski definition) is 1. The van der Waals surface area contributed by atoms with Crippen LogP contribution >= 0.6 is 11.8 Å². The fourth-order valence-corrected chi connectivity index (χ4v) is 5.13. The monoisotopic (exact) mass is 406 g/mol. The first-order valence-electron chi connectivity index (χ1n) is 10.3. The van der Waals surface area contributed by atoms with Gasteiger partial charge in [0.1, 0.15) is 0 Å². The summed E-state index contributed by atoms with van der Waals surface area (Å²) in [6.07, 6.45) is 13.1. The number of amides is 2. The Balaban J connectivity index is 1.44. The molecule has 1 aromatic rings. The molecule has 4 atom stereocenters. The van der Waals surface area contributed by atoms with E-state index in [1.807, 2.05) is 54.6 Å². The van der Waals surface area contributed by atoms with Gasteiger partial charge in [-0.25, -0.2) is 4.99 Å². The summed E-state index contributed by atoms with van der Waals surface area (Å²) < 4.78 is 0. The zero-order valence-electron chi connectivity index (χ0n) is 16.8. The Morgan fingerprint density at radius 3 is 2.76 bits per heavy atom. The number of allylic oxidation sites excluding steroid dienone is 3. The minimum Gasteiger partial charge on any atom is -0.349 e. The second-order valence-electron chi connectivity index (χ2n) is 8.10. The van der Waals surface area contributed by atoms with Crippen LogP contribution in [0, 0.1) is 11.8 Å². The normalized spacial score (nSPS) is 30.1. The second-order valence-corrected chi connectivity index (χ2v) is 9.29. The summed E-state index contributed by atoms with van der Waals surface area (Å²) in [5, 5.41) is 3.30. The first-order valence-corrected chi connectivity index (χ1v) is 11.2. The molecule has 1 heterocycles. The predicted octanol–water partition coefficient (Wildman–Crippen LogP) is 4.79. The molecule has 2 aliphatic carbocycles. The van der Waals surface area contributed by atoms with Gasteiger partial charge in [0.15, 0.2) is 0 Å². The molecule has 150 valence electrons. The summed E-state index contributed by atoms with van der Waals surface area (Å²) in [5.41, 5.74) is 2.35. The van der Waals surface area contributed by atoms with Crippen LogP contribution in [0.3, 0.4) is 0 Å². The molecular formula is C24H26N2O2S. The molecular weight excluding hydrogens is 380 g/mol. The van der Waals surface area contributed by atoms with Crippen LogP contribution in [0.4, 0.5) is 0 Å². The number of thioether (sulfide) groups is 1. The van der Waals surface area contributed by atoms with E-state index in [2.05, 4.69) is 24.2 Å². The lowest BCUT2D eigenvalue weighted by atomic mass is 9.78. The third-order valence-electron chi connectivity index (χ3n) is 6.14. The number of rotatable bonds is 3. The highest BCUT2D eigenvalue weighted by Gasteiger charge is 2.28. The highest BCUT2D eigenvalue weighted by Crippen LogP contribution is 2.33. The average molecular weight is 407 g/mol. The standard InChI is InChI=1S/C24H26N2O2S/c1-15-6-5-8-19(16(15)2)25-23(27)18-12-10-17(11-13-18)14-22-24(28)26-20-7-3-4-9-21(20)29-22/h3-4,7,9-16,19,21H,5-6,8H2,1-2H3,(H,25,27)/b22-14+. The minimum absolute atomic E-state index is 0.0216. The second kappa shape index (κ2) is 8.54. The number of nitrogens with zero attached hydrogens (tertiary/aromatic N) is 1. The number of carbonyl (C=O) groups excluding carboxylic acids is 2. The number of carbonyl (C=O) groups is 2. The smallest absolute Gasteiger partial charge is 0.283 e. The molecule has 0 spiro atoms. The maximum atomic E-state index is 12.7. The number of hydrogen-bond acceptors (Lipinski definition) is 3. The molecule has 0 bridgehead atoms. The van der Waals surface area contributed by atoms with Crippen LogP contribution in [0.25, 0.3) is 6.08 Å². The van der Waals surface area contributed by atoms with E-state index in [-0.39, 0.29) is 23.1 Å². The van der Waals surface area contributed by atoms with Gasteiger partial charge in [0.2, 0.25) is 0 Å². The van der Waals surface area contributed by atoms with Crippen molar-refractivity contribution in [1.82, 2.24) is 5.32 Å². The van der Waals surface area contributed by atoms with Crippen LogP contribution in [-0.2, 0) is 4.79 Å². The molecule has 29 heavy (non-hydrogen) atoms. The lowest BCUT2D eigenvalue weighted by Gasteiger charge is -2.34. The van der Waals surface area contributed by atoms with E-state index in [9.17, 15) is 9.59 Å². The summed E-state index contributed by atoms with van der Waals surface area (Å²) in [7, 11) is 0. The quantitative estimate of drug-likeness (QED) is 0.734. The first kappa shape index (κ1) is 19.9. The Morgan fingerprint density at radius 1 is 1.17 bits per heavy atom. The summed E-state index contributed by atoms with van der Waals surface area (Å²) >= 11 is 1.52. The lowest BCUT2D eigenvalue weighted by molar-refractivity contribution is -0.113. The van der Waals surface area contributed by atoms with Gasteiger partial charge < -0.3 is 5.32 Å². The van der Waals surface area contributed by atoms with Crippen molar-refractivity contribution in [3.05, 3.63) is 64.6 Å². The van der Waals surface area contributed by atoms with Crippen LogP contribution < -0.4 is 5.32 Å². The maximum Gasteiger partial charge on any atom is 0.283 e. The lowest BCUT2D eigenvalue weighted by Crippen LogP contribution is -2.43. The third kappa shape index (κ3) is 4.45. The molecule has 4 nitrogen and oxygen atoms in total. The Bertz CT molecular complexity index is 927. The maximum absolute atomic E-state index is 12.7. The Kier molecular flexibility index (Phi) is 5.86. The highest BCUT2D eigenvalue weighted by molar-refractivity contribution is 8.05. The van der Waals surface area contributed by atoms with Crippen molar-refractivity contribution >= 4 is 35.4 Å². The zero-order chi connectivity index (χ0) is 20.4.